The van der Waals surface area contributed by atoms with Gasteiger partial charge in [0.15, 0.2) is 0 Å². The second-order valence-corrected chi connectivity index (χ2v) is 7.69. The molecule has 1 aliphatic rings. The summed E-state index contributed by atoms with van der Waals surface area (Å²) in [5.74, 6) is 0. The quantitative estimate of drug-likeness (QED) is 0.578. The number of nitrogens with one attached hydrogen (secondary N) is 1. The van der Waals surface area contributed by atoms with Gasteiger partial charge in [-0.15, -0.1) is 11.3 Å². The number of aromatic amines is 1. The van der Waals surface area contributed by atoms with E-state index in [2.05, 4.69) is 21.0 Å². The van der Waals surface area contributed by atoms with Crippen molar-refractivity contribution in [3.8, 4) is 0 Å². The topological polar surface area (TPSA) is 66.8 Å². The van der Waals surface area contributed by atoms with Crippen LogP contribution in [0.25, 0.3) is 38.3 Å². The van der Waals surface area contributed by atoms with E-state index in [0.717, 1.165) is 38.4 Å². The molecule has 7 heteroatoms. The number of anilines is 1. The largest absolute Gasteiger partial charge is 0.377 e. The molecule has 134 valence electrons. The minimum absolute atomic E-state index is 0.0497. The molecule has 0 saturated heterocycles. The molecule has 0 aromatic carbocycles. The van der Waals surface area contributed by atoms with Crippen LogP contribution in [-0.4, -0.2) is 33.6 Å². The van der Waals surface area contributed by atoms with Crippen LogP contribution in [0.15, 0.2) is 41.7 Å². The molecule has 6 nitrogen and oxygen atoms in total. The van der Waals surface area contributed by atoms with Crippen LogP contribution in [0.4, 0.5) is 5.69 Å². The van der Waals surface area contributed by atoms with E-state index in [1.54, 1.807) is 17.1 Å². The van der Waals surface area contributed by atoms with Gasteiger partial charge in [0.1, 0.15) is 15.9 Å². The van der Waals surface area contributed by atoms with E-state index in [-0.39, 0.29) is 5.56 Å². The Bertz CT molecular complexity index is 1310. The summed E-state index contributed by atoms with van der Waals surface area (Å²) < 4.78 is 2.29. The molecule has 1 aliphatic carbocycles. The normalized spacial score (nSPS) is 13.6. The van der Waals surface area contributed by atoms with Crippen LogP contribution in [0.5, 0.6) is 0 Å². The Hall–Kier alpha value is -3.19. The van der Waals surface area contributed by atoms with E-state index < -0.39 is 0 Å². The van der Waals surface area contributed by atoms with Gasteiger partial charge in [0.05, 0.1) is 16.6 Å². The Kier molecular flexibility index (Phi) is 3.51. The van der Waals surface area contributed by atoms with E-state index in [4.69, 9.17) is 0 Å². The number of allylic oxidation sites excluding steroid dienone is 2. The molecule has 27 heavy (non-hydrogen) atoms. The highest BCUT2D eigenvalue weighted by atomic mass is 32.1. The molecule has 4 aromatic heterocycles. The SMILES string of the molecule is CN(C)c1ccnc2sc3c(=O)n(C4=Cc5cc[nH]c5C=CC4)cnc3c12. The Morgan fingerprint density at radius 3 is 3.00 bits per heavy atom. The molecule has 4 heterocycles. The Morgan fingerprint density at radius 1 is 1.26 bits per heavy atom. The van der Waals surface area contributed by atoms with E-state index in [0.29, 0.717) is 11.1 Å². The first-order valence-electron chi connectivity index (χ1n) is 8.64. The molecule has 0 atom stereocenters. The van der Waals surface area contributed by atoms with Crippen molar-refractivity contribution in [3.05, 3.63) is 58.5 Å². The van der Waals surface area contributed by atoms with Crippen LogP contribution in [0.1, 0.15) is 17.7 Å². The van der Waals surface area contributed by atoms with Crippen molar-refractivity contribution in [2.75, 3.05) is 19.0 Å². The van der Waals surface area contributed by atoms with Crippen molar-refractivity contribution in [2.45, 2.75) is 6.42 Å². The molecule has 0 radical (unpaired) electrons. The average Bonchev–Trinajstić information content (AvgIpc) is 3.21. The molecule has 5 rings (SSSR count). The maximum absolute atomic E-state index is 13.3. The van der Waals surface area contributed by atoms with E-state index in [1.165, 1.54) is 11.3 Å². The predicted molar refractivity (Wildman–Crippen MR) is 112 cm³/mol. The van der Waals surface area contributed by atoms with Crippen molar-refractivity contribution < 1.29 is 0 Å². The molecule has 0 unspecified atom stereocenters. The van der Waals surface area contributed by atoms with Crippen LogP contribution in [0.3, 0.4) is 0 Å². The van der Waals surface area contributed by atoms with Crippen LogP contribution in [-0.2, 0) is 0 Å². The minimum atomic E-state index is -0.0497. The third kappa shape index (κ3) is 2.43. The minimum Gasteiger partial charge on any atom is -0.377 e. The number of hydrogen-bond acceptors (Lipinski definition) is 5. The van der Waals surface area contributed by atoms with Gasteiger partial charge in [-0.3, -0.25) is 9.36 Å². The van der Waals surface area contributed by atoms with Gasteiger partial charge < -0.3 is 9.88 Å². The lowest BCUT2D eigenvalue weighted by Crippen LogP contribution is -2.18. The van der Waals surface area contributed by atoms with Gasteiger partial charge in [0.25, 0.3) is 5.56 Å². The lowest BCUT2D eigenvalue weighted by atomic mass is 10.2. The van der Waals surface area contributed by atoms with Gasteiger partial charge in [-0.25, -0.2) is 9.97 Å². The highest BCUT2D eigenvalue weighted by molar-refractivity contribution is 7.25. The van der Waals surface area contributed by atoms with Crippen molar-refractivity contribution in [3.63, 3.8) is 0 Å². The molecule has 0 amide bonds. The molecule has 0 fully saturated rings. The van der Waals surface area contributed by atoms with Crippen LogP contribution in [0.2, 0.25) is 0 Å². The summed E-state index contributed by atoms with van der Waals surface area (Å²) in [6, 6.07) is 3.96. The van der Waals surface area contributed by atoms with Crippen molar-refractivity contribution in [1.29, 1.82) is 0 Å². The summed E-state index contributed by atoms with van der Waals surface area (Å²) in [5.41, 5.74) is 4.71. The van der Waals surface area contributed by atoms with Gasteiger partial charge >= 0.3 is 0 Å². The molecular weight excluding hydrogens is 358 g/mol. The van der Waals surface area contributed by atoms with Gasteiger partial charge in [0, 0.05) is 49.9 Å². The fourth-order valence-electron chi connectivity index (χ4n) is 3.48. The second kappa shape index (κ2) is 5.92. The molecule has 0 bridgehead atoms. The van der Waals surface area contributed by atoms with Crippen LogP contribution >= 0.6 is 11.3 Å². The van der Waals surface area contributed by atoms with Crippen LogP contribution < -0.4 is 10.5 Å². The number of aromatic nitrogens is 4. The summed E-state index contributed by atoms with van der Waals surface area (Å²) in [5, 5.41) is 0.939. The molecule has 0 saturated carbocycles. The lowest BCUT2D eigenvalue weighted by molar-refractivity contribution is 0.967. The first-order chi connectivity index (χ1) is 13.1. The number of hydrogen-bond donors (Lipinski definition) is 1. The molecule has 0 aliphatic heterocycles. The maximum atomic E-state index is 13.3. The maximum Gasteiger partial charge on any atom is 0.275 e. The third-order valence-corrected chi connectivity index (χ3v) is 5.87. The average molecular weight is 375 g/mol. The Labute approximate surface area is 159 Å². The first-order valence-corrected chi connectivity index (χ1v) is 9.46. The molecular formula is C20H17N5OS. The van der Waals surface area contributed by atoms with Gasteiger partial charge in [-0.1, -0.05) is 6.08 Å². The predicted octanol–water partition coefficient (Wildman–Crippen LogP) is 3.82. The zero-order valence-corrected chi connectivity index (χ0v) is 15.7. The van der Waals surface area contributed by atoms with Crippen LogP contribution in [0, 0.1) is 0 Å². The third-order valence-electron chi connectivity index (χ3n) is 4.80. The zero-order valence-electron chi connectivity index (χ0n) is 14.9. The number of H-pyrrole nitrogens is 1. The zero-order chi connectivity index (χ0) is 18.5. The van der Waals surface area contributed by atoms with Gasteiger partial charge in [-0.2, -0.15) is 0 Å². The number of thiophene rings is 1. The summed E-state index contributed by atoms with van der Waals surface area (Å²) >= 11 is 1.41. The highest BCUT2D eigenvalue weighted by Gasteiger charge is 2.18. The highest BCUT2D eigenvalue weighted by Crippen LogP contribution is 2.35. The first kappa shape index (κ1) is 16.0. The fourth-order valence-corrected chi connectivity index (χ4v) is 4.53. The fraction of sp³-hybridized carbons (Fsp3) is 0.150. The lowest BCUT2D eigenvalue weighted by Gasteiger charge is -2.13. The number of nitrogens with zero attached hydrogens (tertiary/aromatic N) is 4. The monoisotopic (exact) mass is 375 g/mol. The summed E-state index contributed by atoms with van der Waals surface area (Å²) in [6.07, 6.45) is 12.1. The molecule has 4 aromatic rings. The van der Waals surface area contributed by atoms with Gasteiger partial charge in [0.2, 0.25) is 0 Å². The molecule has 0 spiro atoms. The number of fused-ring (bicyclic) bond motifs is 4. The van der Waals surface area contributed by atoms with E-state index >= 15 is 0 Å². The number of rotatable bonds is 2. The molecule has 1 N–H and O–H groups in total. The number of pyridine rings is 1. The smallest absolute Gasteiger partial charge is 0.275 e. The summed E-state index contributed by atoms with van der Waals surface area (Å²) in [4.78, 5) is 28.4. The van der Waals surface area contributed by atoms with Crippen molar-refractivity contribution in [1.82, 2.24) is 19.5 Å². The standard InChI is InChI=1S/C20H17N5OS/c1-24(2)15-7-9-22-19-16(15)17-18(27-19)20(26)25(11-23-17)13-4-3-5-14-12(10-13)6-8-21-14/h3,5-11,21H,4H2,1-2H3. The van der Waals surface area contributed by atoms with E-state index in [1.807, 2.05) is 49.5 Å². The van der Waals surface area contributed by atoms with E-state index in [9.17, 15) is 4.79 Å². The van der Waals surface area contributed by atoms with Gasteiger partial charge in [-0.05, 0) is 24.3 Å². The summed E-state index contributed by atoms with van der Waals surface area (Å²) in [7, 11) is 3.97. The second-order valence-electron chi connectivity index (χ2n) is 6.69. The Morgan fingerprint density at radius 2 is 2.15 bits per heavy atom. The van der Waals surface area contributed by atoms with Crippen molar-refractivity contribution in [2.24, 2.45) is 0 Å². The summed E-state index contributed by atoms with van der Waals surface area (Å²) in [6.45, 7) is 0. The Balaban J connectivity index is 1.76. The van der Waals surface area contributed by atoms with Crippen molar-refractivity contribution >= 4 is 55.3 Å².